The Kier molecular flexibility index (Phi) is 3.48. The van der Waals surface area contributed by atoms with Gasteiger partial charge in [-0.1, -0.05) is 27.2 Å². The largest absolute Gasteiger partial charge is 0.491 e. The number of allylic oxidation sites excluding steroid dienone is 4. The van der Waals surface area contributed by atoms with Crippen LogP contribution in [-0.4, -0.2) is 5.60 Å². The first kappa shape index (κ1) is 16.2. The van der Waals surface area contributed by atoms with E-state index in [1.165, 1.54) is 43.4 Å². The Bertz CT molecular complexity index is 664. The van der Waals surface area contributed by atoms with Crippen molar-refractivity contribution >= 4 is 0 Å². The molecule has 0 saturated heterocycles. The van der Waals surface area contributed by atoms with Gasteiger partial charge in [-0.2, -0.15) is 5.26 Å². The number of hydrogen-bond acceptors (Lipinski definition) is 2. The van der Waals surface area contributed by atoms with Crippen LogP contribution in [0.4, 0.5) is 0 Å². The average Bonchev–Trinajstić information content (AvgIpc) is 2.52. The molecule has 24 heavy (non-hydrogen) atoms. The summed E-state index contributed by atoms with van der Waals surface area (Å²) in [7, 11) is 0. The van der Waals surface area contributed by atoms with Gasteiger partial charge in [0.15, 0.2) is 0 Å². The van der Waals surface area contributed by atoms with Crippen LogP contribution in [0.15, 0.2) is 23.0 Å². The van der Waals surface area contributed by atoms with E-state index >= 15 is 0 Å². The lowest BCUT2D eigenvalue weighted by molar-refractivity contribution is -0.184. The summed E-state index contributed by atoms with van der Waals surface area (Å²) in [5.41, 5.74) is 3.07. The number of ether oxygens (including phenoxy) is 1. The molecule has 2 fully saturated rings. The molecule has 4 rings (SSSR count). The standard InChI is InChI=1S/C22H31NO/c1-20(2)9-5-10-21(3)18(20)8-11-22(4)19(21)13-16-12-15(14-23)6-7-17(16)24-22/h12,18-19H,5-11,13H2,1-4H3/t18-,19+,21-,22+/m0/s1. The van der Waals surface area contributed by atoms with Gasteiger partial charge in [0.1, 0.15) is 11.4 Å². The lowest BCUT2D eigenvalue weighted by Crippen LogP contribution is -2.59. The van der Waals surface area contributed by atoms with Crippen molar-refractivity contribution in [3.8, 4) is 6.07 Å². The summed E-state index contributed by atoms with van der Waals surface area (Å²) < 4.78 is 6.68. The van der Waals surface area contributed by atoms with E-state index < -0.39 is 0 Å². The summed E-state index contributed by atoms with van der Waals surface area (Å²) in [4.78, 5) is 0. The minimum atomic E-state index is -0.00447. The molecule has 2 heteroatoms. The zero-order valence-electron chi connectivity index (χ0n) is 15.7. The lowest BCUT2D eigenvalue weighted by atomic mass is 9.44. The third-order valence-corrected chi connectivity index (χ3v) is 7.99. The van der Waals surface area contributed by atoms with E-state index in [-0.39, 0.29) is 5.60 Å². The second-order valence-corrected chi connectivity index (χ2v) is 9.84. The zero-order chi connectivity index (χ0) is 17.2. The van der Waals surface area contributed by atoms with Gasteiger partial charge in [-0.25, -0.2) is 0 Å². The molecular weight excluding hydrogens is 294 g/mol. The Morgan fingerprint density at radius 1 is 1.08 bits per heavy atom. The summed E-state index contributed by atoms with van der Waals surface area (Å²) >= 11 is 0. The molecule has 4 aliphatic rings. The van der Waals surface area contributed by atoms with E-state index in [2.05, 4.69) is 39.8 Å². The normalized spacial score (nSPS) is 43.5. The summed E-state index contributed by atoms with van der Waals surface area (Å²) in [6, 6.07) is 2.37. The molecule has 0 N–H and O–H groups in total. The van der Waals surface area contributed by atoms with Gasteiger partial charge >= 0.3 is 0 Å². The van der Waals surface area contributed by atoms with Crippen LogP contribution in [-0.2, 0) is 4.74 Å². The highest BCUT2D eigenvalue weighted by atomic mass is 16.5. The van der Waals surface area contributed by atoms with Gasteiger partial charge in [0.05, 0.1) is 6.07 Å². The van der Waals surface area contributed by atoms with Crippen molar-refractivity contribution in [1.29, 1.82) is 5.26 Å². The maximum Gasteiger partial charge on any atom is 0.109 e. The Balaban J connectivity index is 1.74. The molecule has 0 radical (unpaired) electrons. The van der Waals surface area contributed by atoms with Crippen molar-refractivity contribution in [2.75, 3.05) is 0 Å². The van der Waals surface area contributed by atoms with Crippen LogP contribution in [0, 0.1) is 34.0 Å². The SMILES string of the molecule is CC1(C)CCC[C@]2(C)[C@H]3CC4=C(CCC(C#N)=C4)O[C@]3(C)CC[C@@H]12. The van der Waals surface area contributed by atoms with Crippen LogP contribution in [0.1, 0.15) is 79.1 Å². The summed E-state index contributed by atoms with van der Waals surface area (Å²) in [5, 5.41) is 9.29. The summed E-state index contributed by atoms with van der Waals surface area (Å²) in [6.45, 7) is 9.89. The Labute approximate surface area is 147 Å². The first-order valence-electron chi connectivity index (χ1n) is 9.80. The minimum absolute atomic E-state index is 0.00447. The van der Waals surface area contributed by atoms with Gasteiger partial charge in [0.2, 0.25) is 0 Å². The number of fused-ring (bicyclic) bond motifs is 3. The smallest absolute Gasteiger partial charge is 0.109 e. The molecule has 0 unspecified atom stereocenters. The van der Waals surface area contributed by atoms with Crippen molar-refractivity contribution in [3.63, 3.8) is 0 Å². The van der Waals surface area contributed by atoms with E-state index in [1.807, 2.05) is 0 Å². The van der Waals surface area contributed by atoms with Gasteiger partial charge < -0.3 is 4.74 Å². The molecule has 0 bridgehead atoms. The maximum atomic E-state index is 9.29. The molecule has 0 spiro atoms. The predicted octanol–water partition coefficient (Wildman–Crippen LogP) is 5.91. The Morgan fingerprint density at radius 2 is 1.88 bits per heavy atom. The molecule has 2 saturated carbocycles. The van der Waals surface area contributed by atoms with Crippen molar-refractivity contribution in [1.82, 2.24) is 0 Å². The monoisotopic (exact) mass is 325 g/mol. The molecular formula is C22H31NO. The Morgan fingerprint density at radius 3 is 2.62 bits per heavy atom. The van der Waals surface area contributed by atoms with Crippen LogP contribution in [0.3, 0.4) is 0 Å². The van der Waals surface area contributed by atoms with Crippen LogP contribution in [0.2, 0.25) is 0 Å². The first-order chi connectivity index (χ1) is 11.3. The number of hydrogen-bond donors (Lipinski definition) is 0. The third-order valence-electron chi connectivity index (χ3n) is 7.99. The van der Waals surface area contributed by atoms with E-state index in [4.69, 9.17) is 4.74 Å². The quantitative estimate of drug-likeness (QED) is 0.555. The molecule has 2 nitrogen and oxygen atoms in total. The van der Waals surface area contributed by atoms with Crippen molar-refractivity contribution in [2.24, 2.45) is 22.7 Å². The first-order valence-corrected chi connectivity index (χ1v) is 9.80. The van der Waals surface area contributed by atoms with Crippen LogP contribution < -0.4 is 0 Å². The van der Waals surface area contributed by atoms with Crippen molar-refractivity contribution < 1.29 is 4.74 Å². The van der Waals surface area contributed by atoms with Crippen molar-refractivity contribution in [3.05, 3.63) is 23.0 Å². The lowest BCUT2D eigenvalue weighted by Gasteiger charge is -2.63. The van der Waals surface area contributed by atoms with Gasteiger partial charge in [-0.3, -0.25) is 0 Å². The second kappa shape index (κ2) is 5.13. The van der Waals surface area contributed by atoms with E-state index in [9.17, 15) is 5.26 Å². The third kappa shape index (κ3) is 2.20. The highest BCUT2D eigenvalue weighted by Gasteiger charge is 2.60. The summed E-state index contributed by atoms with van der Waals surface area (Å²) in [6.07, 6.45) is 11.6. The van der Waals surface area contributed by atoms with E-state index in [1.54, 1.807) is 0 Å². The Hall–Kier alpha value is -1.23. The molecule has 4 atom stereocenters. The van der Waals surface area contributed by atoms with Gasteiger partial charge in [-0.15, -0.1) is 0 Å². The molecule has 0 aromatic rings. The van der Waals surface area contributed by atoms with Crippen LogP contribution >= 0.6 is 0 Å². The molecule has 130 valence electrons. The second-order valence-electron chi connectivity index (χ2n) is 9.84. The fourth-order valence-electron chi connectivity index (χ4n) is 6.83. The van der Waals surface area contributed by atoms with Gasteiger partial charge in [0.25, 0.3) is 0 Å². The number of nitrogens with zero attached hydrogens (tertiary/aromatic N) is 1. The molecule has 0 aromatic carbocycles. The topological polar surface area (TPSA) is 33.0 Å². The fraction of sp³-hybridized carbons (Fsp3) is 0.773. The fourth-order valence-corrected chi connectivity index (χ4v) is 6.83. The van der Waals surface area contributed by atoms with E-state index in [0.29, 0.717) is 16.7 Å². The molecule has 0 amide bonds. The maximum absolute atomic E-state index is 9.29. The highest BCUT2D eigenvalue weighted by Crippen LogP contribution is 2.65. The van der Waals surface area contributed by atoms with E-state index in [0.717, 1.165) is 30.8 Å². The van der Waals surface area contributed by atoms with Crippen LogP contribution in [0.25, 0.3) is 0 Å². The van der Waals surface area contributed by atoms with Gasteiger partial charge in [-0.05, 0) is 73.8 Å². The molecule has 1 heterocycles. The molecule has 1 aliphatic heterocycles. The predicted molar refractivity (Wildman–Crippen MR) is 96.0 cm³/mol. The zero-order valence-corrected chi connectivity index (χ0v) is 15.7. The van der Waals surface area contributed by atoms with Crippen LogP contribution in [0.5, 0.6) is 0 Å². The summed E-state index contributed by atoms with van der Waals surface area (Å²) in [5.74, 6) is 2.56. The molecule has 0 aromatic heterocycles. The molecule has 3 aliphatic carbocycles. The highest BCUT2D eigenvalue weighted by molar-refractivity contribution is 5.40. The minimum Gasteiger partial charge on any atom is -0.491 e. The number of nitriles is 1. The van der Waals surface area contributed by atoms with Crippen molar-refractivity contribution in [2.45, 2.75) is 84.7 Å². The number of rotatable bonds is 0. The average molecular weight is 325 g/mol. The van der Waals surface area contributed by atoms with Gasteiger partial charge in [0, 0.05) is 17.9 Å².